The van der Waals surface area contributed by atoms with Crippen LogP contribution in [0, 0.1) is 0 Å². The molecular weight excluding hydrogens is 162 g/mol. The van der Waals surface area contributed by atoms with Crippen LogP contribution in [0.4, 0.5) is 0 Å². The zero-order chi connectivity index (χ0) is 9.10. The molecule has 0 aliphatic rings. The number of aromatic nitrogens is 2. The topological polar surface area (TPSA) is 51.8 Å². The average molecular weight is 173 g/mol. The lowest BCUT2D eigenvalue weighted by atomic mass is 10.1. The van der Waals surface area contributed by atoms with Crippen molar-refractivity contribution in [3.8, 4) is 0 Å². The molecule has 0 amide bonds. The number of hydrogen-bond donors (Lipinski definition) is 1. The van der Waals surface area contributed by atoms with Crippen molar-refractivity contribution in [2.24, 2.45) is 5.73 Å². The number of rotatable bonds is 2. The van der Waals surface area contributed by atoms with Gasteiger partial charge in [-0.25, -0.2) is 0 Å². The predicted octanol–water partition coefficient (Wildman–Crippen LogP) is 1.13. The minimum Gasteiger partial charge on any atom is -0.330 e. The molecule has 0 aliphatic heterocycles. The number of nitrogens with zero attached hydrogens (tertiary/aromatic N) is 2. The summed E-state index contributed by atoms with van der Waals surface area (Å²) in [7, 11) is 0. The Balaban J connectivity index is 2.61. The maximum absolute atomic E-state index is 5.52. The summed E-state index contributed by atoms with van der Waals surface area (Å²) in [5.74, 6) is 0. The Morgan fingerprint density at radius 1 is 1.15 bits per heavy atom. The quantitative estimate of drug-likeness (QED) is 0.740. The molecule has 1 heterocycles. The van der Waals surface area contributed by atoms with Gasteiger partial charge in [0.15, 0.2) is 0 Å². The number of hydrogen-bond acceptors (Lipinski definition) is 3. The van der Waals surface area contributed by atoms with E-state index in [9.17, 15) is 0 Å². The van der Waals surface area contributed by atoms with Gasteiger partial charge in [0.2, 0.25) is 0 Å². The Morgan fingerprint density at radius 3 is 2.85 bits per heavy atom. The van der Waals surface area contributed by atoms with Gasteiger partial charge in [-0.3, -0.25) is 0 Å². The first-order valence-corrected chi connectivity index (χ1v) is 4.30. The van der Waals surface area contributed by atoms with Crippen molar-refractivity contribution >= 4 is 10.8 Å². The average Bonchev–Trinajstić information content (AvgIpc) is 2.19. The minimum atomic E-state index is 0.668. The van der Waals surface area contributed by atoms with Crippen LogP contribution >= 0.6 is 0 Å². The Bertz CT molecular complexity index is 406. The molecule has 2 aromatic rings. The Kier molecular flexibility index (Phi) is 2.19. The number of benzene rings is 1. The van der Waals surface area contributed by atoms with Gasteiger partial charge in [0.05, 0.1) is 12.4 Å². The van der Waals surface area contributed by atoms with Gasteiger partial charge in [0, 0.05) is 10.8 Å². The maximum atomic E-state index is 5.52. The molecule has 1 aromatic carbocycles. The van der Waals surface area contributed by atoms with Crippen molar-refractivity contribution in [2.45, 2.75) is 6.42 Å². The Morgan fingerprint density at radius 2 is 2.00 bits per heavy atom. The van der Waals surface area contributed by atoms with E-state index >= 15 is 0 Å². The summed E-state index contributed by atoms with van der Waals surface area (Å²) < 4.78 is 0. The van der Waals surface area contributed by atoms with E-state index in [2.05, 4.69) is 16.3 Å². The zero-order valence-corrected chi connectivity index (χ0v) is 7.27. The van der Waals surface area contributed by atoms with E-state index < -0.39 is 0 Å². The smallest absolute Gasteiger partial charge is 0.0577 e. The monoisotopic (exact) mass is 173 g/mol. The summed E-state index contributed by atoms with van der Waals surface area (Å²) in [5.41, 5.74) is 6.76. The molecule has 0 fully saturated rings. The molecular formula is C10H11N3. The largest absolute Gasteiger partial charge is 0.330 e. The highest BCUT2D eigenvalue weighted by atomic mass is 15.1. The summed E-state index contributed by atoms with van der Waals surface area (Å²) in [5, 5.41) is 9.98. The van der Waals surface area contributed by atoms with Gasteiger partial charge in [0.1, 0.15) is 0 Å². The van der Waals surface area contributed by atoms with Crippen LogP contribution in [0.1, 0.15) is 5.56 Å². The molecule has 0 spiro atoms. The van der Waals surface area contributed by atoms with E-state index in [1.807, 2.05) is 12.1 Å². The van der Waals surface area contributed by atoms with Crippen LogP contribution in [0.3, 0.4) is 0 Å². The van der Waals surface area contributed by atoms with Crippen molar-refractivity contribution in [1.82, 2.24) is 10.2 Å². The van der Waals surface area contributed by atoms with E-state index in [-0.39, 0.29) is 0 Å². The fourth-order valence-electron chi connectivity index (χ4n) is 1.46. The second kappa shape index (κ2) is 3.49. The molecule has 0 aliphatic carbocycles. The van der Waals surface area contributed by atoms with E-state index in [1.165, 1.54) is 5.56 Å². The molecule has 0 saturated carbocycles. The van der Waals surface area contributed by atoms with Crippen molar-refractivity contribution in [2.75, 3.05) is 6.54 Å². The molecule has 2 rings (SSSR count). The van der Waals surface area contributed by atoms with Crippen LogP contribution < -0.4 is 5.73 Å². The lowest BCUT2D eigenvalue weighted by Crippen LogP contribution is -2.03. The SMILES string of the molecule is NCCc1cccc2cnncc12. The van der Waals surface area contributed by atoms with Crippen LogP contribution in [0.25, 0.3) is 10.8 Å². The van der Waals surface area contributed by atoms with Gasteiger partial charge in [-0.15, -0.1) is 0 Å². The van der Waals surface area contributed by atoms with Crippen LogP contribution in [-0.4, -0.2) is 16.7 Å². The maximum Gasteiger partial charge on any atom is 0.0577 e. The molecule has 3 heteroatoms. The van der Waals surface area contributed by atoms with E-state index in [0.717, 1.165) is 17.2 Å². The molecule has 0 bridgehead atoms. The van der Waals surface area contributed by atoms with Crippen molar-refractivity contribution in [3.63, 3.8) is 0 Å². The van der Waals surface area contributed by atoms with Crippen LogP contribution in [0.2, 0.25) is 0 Å². The first-order valence-electron chi connectivity index (χ1n) is 4.30. The molecule has 1 aromatic heterocycles. The second-order valence-electron chi connectivity index (χ2n) is 2.95. The van der Waals surface area contributed by atoms with E-state index in [0.29, 0.717) is 6.54 Å². The lowest BCUT2D eigenvalue weighted by molar-refractivity contribution is 0.972. The van der Waals surface area contributed by atoms with Crippen molar-refractivity contribution in [1.29, 1.82) is 0 Å². The number of nitrogens with two attached hydrogens (primary N) is 1. The highest BCUT2D eigenvalue weighted by molar-refractivity contribution is 5.83. The highest BCUT2D eigenvalue weighted by Crippen LogP contribution is 2.16. The Hall–Kier alpha value is -1.48. The van der Waals surface area contributed by atoms with Gasteiger partial charge in [0.25, 0.3) is 0 Å². The standard InChI is InChI=1S/C10H11N3/c11-5-4-8-2-1-3-9-6-12-13-7-10(8)9/h1-3,6-7H,4-5,11H2. The lowest BCUT2D eigenvalue weighted by Gasteiger charge is -2.02. The molecule has 0 unspecified atom stereocenters. The fraction of sp³-hybridized carbons (Fsp3) is 0.200. The molecule has 0 atom stereocenters. The van der Waals surface area contributed by atoms with Crippen LogP contribution in [0.15, 0.2) is 30.6 Å². The second-order valence-corrected chi connectivity index (χ2v) is 2.95. The highest BCUT2D eigenvalue weighted by Gasteiger charge is 1.98. The summed E-state index contributed by atoms with van der Waals surface area (Å²) in [4.78, 5) is 0. The third-order valence-electron chi connectivity index (χ3n) is 2.09. The Labute approximate surface area is 76.6 Å². The summed E-state index contributed by atoms with van der Waals surface area (Å²) in [6.07, 6.45) is 4.46. The fourth-order valence-corrected chi connectivity index (χ4v) is 1.46. The summed E-state index contributed by atoms with van der Waals surface area (Å²) >= 11 is 0. The van der Waals surface area contributed by atoms with Crippen LogP contribution in [0.5, 0.6) is 0 Å². The van der Waals surface area contributed by atoms with Gasteiger partial charge in [-0.2, -0.15) is 10.2 Å². The zero-order valence-electron chi connectivity index (χ0n) is 7.27. The first-order chi connectivity index (χ1) is 6.42. The van der Waals surface area contributed by atoms with Gasteiger partial charge in [-0.05, 0) is 18.5 Å². The third kappa shape index (κ3) is 1.51. The molecule has 0 radical (unpaired) electrons. The van der Waals surface area contributed by atoms with E-state index in [1.54, 1.807) is 12.4 Å². The van der Waals surface area contributed by atoms with E-state index in [4.69, 9.17) is 5.73 Å². The van der Waals surface area contributed by atoms with Gasteiger partial charge < -0.3 is 5.73 Å². The first kappa shape index (κ1) is 8.13. The third-order valence-corrected chi connectivity index (χ3v) is 2.09. The summed E-state index contributed by atoms with van der Waals surface area (Å²) in [6.45, 7) is 0.668. The van der Waals surface area contributed by atoms with Gasteiger partial charge in [-0.1, -0.05) is 18.2 Å². The molecule has 0 saturated heterocycles. The molecule has 13 heavy (non-hydrogen) atoms. The summed E-state index contributed by atoms with van der Waals surface area (Å²) in [6, 6.07) is 6.13. The number of fused-ring (bicyclic) bond motifs is 1. The normalized spacial score (nSPS) is 10.5. The minimum absolute atomic E-state index is 0.668. The van der Waals surface area contributed by atoms with Crippen molar-refractivity contribution < 1.29 is 0 Å². The van der Waals surface area contributed by atoms with Crippen molar-refractivity contribution in [3.05, 3.63) is 36.2 Å². The van der Waals surface area contributed by atoms with Crippen LogP contribution in [-0.2, 0) is 6.42 Å². The molecule has 2 N–H and O–H groups in total. The molecule has 3 nitrogen and oxygen atoms in total. The predicted molar refractivity (Wildman–Crippen MR) is 52.3 cm³/mol. The van der Waals surface area contributed by atoms with Gasteiger partial charge >= 0.3 is 0 Å². The molecule has 66 valence electrons.